The van der Waals surface area contributed by atoms with Gasteiger partial charge in [-0.15, -0.1) is 0 Å². The first-order valence-electron chi connectivity index (χ1n) is 5.75. The van der Waals surface area contributed by atoms with E-state index in [-0.39, 0.29) is 22.9 Å². The number of nitrogen functional groups attached to an aromatic ring is 1. The molecule has 8 heteroatoms. The Morgan fingerprint density at radius 3 is 2.78 bits per heavy atom. The minimum atomic E-state index is -3.35. The van der Waals surface area contributed by atoms with Crippen LogP contribution < -0.4 is 11.1 Å². The Labute approximate surface area is 111 Å². The second kappa shape index (κ2) is 5.02. The van der Waals surface area contributed by atoms with Gasteiger partial charge in [0.25, 0.3) is 0 Å². The molecule has 1 aliphatic rings. The van der Waals surface area contributed by atoms with Gasteiger partial charge in [0.15, 0.2) is 15.7 Å². The van der Waals surface area contributed by atoms with Crippen LogP contribution in [0.4, 0.5) is 10.8 Å². The summed E-state index contributed by atoms with van der Waals surface area (Å²) in [5, 5.41) is 3.72. The lowest BCUT2D eigenvalue weighted by Crippen LogP contribution is -2.40. The number of ether oxygens (including phenoxy) is 1. The molecule has 3 N–H and O–H groups in total. The summed E-state index contributed by atoms with van der Waals surface area (Å²) in [7, 11) is -3.35. The van der Waals surface area contributed by atoms with Crippen LogP contribution >= 0.6 is 11.5 Å². The molecule has 0 aromatic carbocycles. The number of anilines is 2. The zero-order valence-corrected chi connectivity index (χ0v) is 12.0. The Bertz CT molecular complexity index is 520. The van der Waals surface area contributed by atoms with Gasteiger partial charge < -0.3 is 15.8 Å². The molecule has 1 saturated carbocycles. The standard InChI is InChI=1S/C10H17N3O3S2/c1-3-16-7-4-6(5-7)12-10-8(18(2,14)15)9(11)13-17-10/h6-7,12H,3-5H2,1-2H3,(H2,11,13). The van der Waals surface area contributed by atoms with Gasteiger partial charge in [0.2, 0.25) is 0 Å². The monoisotopic (exact) mass is 291 g/mol. The van der Waals surface area contributed by atoms with E-state index in [0.29, 0.717) is 11.6 Å². The molecule has 18 heavy (non-hydrogen) atoms. The second-order valence-electron chi connectivity index (χ2n) is 4.39. The predicted octanol–water partition coefficient (Wildman–Crippen LogP) is 1.11. The Balaban J connectivity index is 2.04. The highest BCUT2D eigenvalue weighted by Gasteiger charge is 2.32. The molecule has 0 radical (unpaired) electrons. The van der Waals surface area contributed by atoms with Crippen molar-refractivity contribution < 1.29 is 13.2 Å². The molecule has 102 valence electrons. The van der Waals surface area contributed by atoms with Crippen LogP contribution in [0.25, 0.3) is 0 Å². The van der Waals surface area contributed by atoms with Gasteiger partial charge in [0, 0.05) is 18.9 Å². The maximum atomic E-state index is 11.6. The molecule has 0 spiro atoms. The maximum Gasteiger partial charge on any atom is 0.182 e. The number of hydrogen-bond acceptors (Lipinski definition) is 7. The predicted molar refractivity (Wildman–Crippen MR) is 71.7 cm³/mol. The van der Waals surface area contributed by atoms with Crippen LogP contribution in [-0.4, -0.2) is 37.8 Å². The largest absolute Gasteiger partial charge is 0.382 e. The highest BCUT2D eigenvalue weighted by Crippen LogP contribution is 2.35. The van der Waals surface area contributed by atoms with Gasteiger partial charge >= 0.3 is 0 Å². The fourth-order valence-electron chi connectivity index (χ4n) is 1.98. The normalized spacial score (nSPS) is 23.7. The van der Waals surface area contributed by atoms with Crippen molar-refractivity contribution in [3.05, 3.63) is 0 Å². The number of nitrogens with two attached hydrogens (primary N) is 1. The van der Waals surface area contributed by atoms with E-state index in [2.05, 4.69) is 9.69 Å². The van der Waals surface area contributed by atoms with Gasteiger partial charge in [-0.25, -0.2) is 8.42 Å². The molecule has 1 aromatic rings. The summed E-state index contributed by atoms with van der Waals surface area (Å²) in [5.41, 5.74) is 5.59. The van der Waals surface area contributed by atoms with E-state index < -0.39 is 9.84 Å². The van der Waals surface area contributed by atoms with Crippen molar-refractivity contribution in [3.8, 4) is 0 Å². The lowest BCUT2D eigenvalue weighted by molar-refractivity contribution is 0.00302. The van der Waals surface area contributed by atoms with Crippen LogP contribution in [0.1, 0.15) is 19.8 Å². The van der Waals surface area contributed by atoms with E-state index in [1.807, 2.05) is 6.92 Å². The van der Waals surface area contributed by atoms with Gasteiger partial charge in [-0.2, -0.15) is 4.37 Å². The average molecular weight is 291 g/mol. The summed E-state index contributed by atoms with van der Waals surface area (Å²) in [6, 6.07) is 0.238. The third-order valence-electron chi connectivity index (χ3n) is 2.88. The molecular weight excluding hydrogens is 274 g/mol. The molecule has 6 nitrogen and oxygen atoms in total. The molecule has 1 fully saturated rings. The third kappa shape index (κ3) is 2.76. The van der Waals surface area contributed by atoms with Gasteiger partial charge in [0.1, 0.15) is 9.90 Å². The van der Waals surface area contributed by atoms with Crippen molar-refractivity contribution in [2.24, 2.45) is 0 Å². The van der Waals surface area contributed by atoms with E-state index in [1.54, 1.807) is 0 Å². The molecule has 1 heterocycles. The van der Waals surface area contributed by atoms with E-state index in [4.69, 9.17) is 10.5 Å². The average Bonchev–Trinajstić information content (AvgIpc) is 2.56. The van der Waals surface area contributed by atoms with Crippen LogP contribution in [0.3, 0.4) is 0 Å². The molecule has 2 rings (SSSR count). The number of nitrogens with one attached hydrogen (secondary N) is 1. The molecule has 0 amide bonds. The number of nitrogens with zero attached hydrogens (tertiary/aromatic N) is 1. The maximum absolute atomic E-state index is 11.6. The molecule has 1 aliphatic carbocycles. The third-order valence-corrected chi connectivity index (χ3v) is 4.95. The first-order valence-corrected chi connectivity index (χ1v) is 8.41. The zero-order chi connectivity index (χ0) is 13.3. The Hall–Kier alpha value is -0.860. The summed E-state index contributed by atoms with van der Waals surface area (Å²) < 4.78 is 32.6. The van der Waals surface area contributed by atoms with Crippen LogP contribution in [-0.2, 0) is 14.6 Å². The summed E-state index contributed by atoms with van der Waals surface area (Å²) in [5.74, 6) is 0.0747. The summed E-state index contributed by atoms with van der Waals surface area (Å²) >= 11 is 1.09. The second-order valence-corrected chi connectivity index (χ2v) is 7.11. The highest BCUT2D eigenvalue weighted by atomic mass is 32.2. The molecule has 0 saturated heterocycles. The minimum Gasteiger partial charge on any atom is -0.382 e. The van der Waals surface area contributed by atoms with Crippen molar-refractivity contribution in [1.82, 2.24) is 4.37 Å². The Morgan fingerprint density at radius 1 is 1.56 bits per heavy atom. The smallest absolute Gasteiger partial charge is 0.182 e. The molecule has 0 unspecified atom stereocenters. The van der Waals surface area contributed by atoms with Crippen LogP contribution in [0.15, 0.2) is 4.90 Å². The summed E-state index contributed by atoms with van der Waals surface area (Å²) in [6.45, 7) is 2.67. The van der Waals surface area contributed by atoms with Crippen molar-refractivity contribution >= 4 is 32.2 Å². The van der Waals surface area contributed by atoms with Crippen molar-refractivity contribution in [1.29, 1.82) is 0 Å². The topological polar surface area (TPSA) is 94.3 Å². The number of sulfone groups is 1. The molecule has 0 aliphatic heterocycles. The van der Waals surface area contributed by atoms with Gasteiger partial charge in [-0.05, 0) is 31.3 Å². The molecular formula is C10H17N3O3S2. The quantitative estimate of drug-likeness (QED) is 0.844. The number of hydrogen-bond donors (Lipinski definition) is 2. The SMILES string of the molecule is CCOC1CC(Nc2snc(N)c2S(C)(=O)=O)C1. The van der Waals surface area contributed by atoms with E-state index in [9.17, 15) is 8.42 Å². The fourth-order valence-corrected chi connectivity index (χ4v) is 4.12. The van der Waals surface area contributed by atoms with Crippen molar-refractivity contribution in [2.45, 2.75) is 36.8 Å². The lowest BCUT2D eigenvalue weighted by atomic mass is 9.89. The van der Waals surface area contributed by atoms with E-state index >= 15 is 0 Å². The Morgan fingerprint density at radius 2 is 2.22 bits per heavy atom. The van der Waals surface area contributed by atoms with Crippen LogP contribution in [0.2, 0.25) is 0 Å². The zero-order valence-electron chi connectivity index (χ0n) is 10.3. The van der Waals surface area contributed by atoms with E-state index in [1.165, 1.54) is 0 Å². The van der Waals surface area contributed by atoms with E-state index in [0.717, 1.165) is 30.6 Å². The van der Waals surface area contributed by atoms with Gasteiger partial charge in [0.05, 0.1) is 6.10 Å². The van der Waals surface area contributed by atoms with Crippen LogP contribution in [0, 0.1) is 0 Å². The number of aromatic nitrogens is 1. The fraction of sp³-hybridized carbons (Fsp3) is 0.700. The summed E-state index contributed by atoms with van der Waals surface area (Å²) in [6.07, 6.45) is 3.19. The first kappa shape index (κ1) is 13.6. The Kier molecular flexibility index (Phi) is 3.79. The number of rotatable bonds is 5. The van der Waals surface area contributed by atoms with Crippen molar-refractivity contribution in [3.63, 3.8) is 0 Å². The molecule has 1 aromatic heterocycles. The lowest BCUT2D eigenvalue weighted by Gasteiger charge is -2.35. The van der Waals surface area contributed by atoms with Gasteiger partial charge in [-0.1, -0.05) is 0 Å². The molecule has 0 atom stereocenters. The molecule has 0 bridgehead atoms. The first-order chi connectivity index (χ1) is 8.41. The van der Waals surface area contributed by atoms with Gasteiger partial charge in [-0.3, -0.25) is 0 Å². The van der Waals surface area contributed by atoms with Crippen molar-refractivity contribution in [2.75, 3.05) is 23.9 Å². The highest BCUT2D eigenvalue weighted by molar-refractivity contribution is 7.91. The summed E-state index contributed by atoms with van der Waals surface area (Å²) in [4.78, 5) is 0.118. The minimum absolute atomic E-state index is 0.0747. The van der Waals surface area contributed by atoms with Crippen LogP contribution in [0.5, 0.6) is 0 Å².